The predicted octanol–water partition coefficient (Wildman–Crippen LogP) is 3.53. The molecule has 112 valence electrons. The Morgan fingerprint density at radius 2 is 1.95 bits per heavy atom. The highest BCUT2D eigenvalue weighted by Crippen LogP contribution is 2.31. The van der Waals surface area contributed by atoms with Gasteiger partial charge in [0.15, 0.2) is 0 Å². The number of hydrogen-bond donors (Lipinski definition) is 0. The summed E-state index contributed by atoms with van der Waals surface area (Å²) < 4.78 is 50.1. The first kappa shape index (κ1) is 15.2. The maximum Gasteiger partial charge on any atom is 0.452 e. The quantitative estimate of drug-likeness (QED) is 0.807. The molecule has 0 N–H and O–H groups in total. The molecule has 5 nitrogen and oxygen atoms in total. The molecule has 0 saturated heterocycles. The Bertz CT molecular complexity index is 625. The van der Waals surface area contributed by atoms with E-state index in [-0.39, 0.29) is 17.6 Å². The van der Waals surface area contributed by atoms with Crippen LogP contribution in [0.25, 0.3) is 0 Å². The lowest BCUT2D eigenvalue weighted by atomic mass is 10.2. The Morgan fingerprint density at radius 3 is 2.48 bits per heavy atom. The Kier molecular flexibility index (Phi) is 4.41. The first-order valence-corrected chi connectivity index (χ1v) is 6.53. The van der Waals surface area contributed by atoms with E-state index in [9.17, 15) is 18.0 Å². The number of nitrogens with zero attached hydrogens (tertiary/aromatic N) is 2. The molecule has 0 saturated carbocycles. The molecular formula is C12H9F3N2O3S. The molecule has 1 aromatic carbocycles. The van der Waals surface area contributed by atoms with Crippen molar-refractivity contribution in [1.82, 2.24) is 9.36 Å². The van der Waals surface area contributed by atoms with Crippen molar-refractivity contribution in [2.45, 2.75) is 13.1 Å². The highest BCUT2D eigenvalue weighted by molar-refractivity contribution is 7.07. The van der Waals surface area contributed by atoms with Crippen LogP contribution in [0.5, 0.6) is 10.9 Å². The zero-order valence-corrected chi connectivity index (χ0v) is 11.5. The molecule has 0 aliphatic rings. The van der Waals surface area contributed by atoms with Crippen LogP contribution in [0, 0.1) is 0 Å². The summed E-state index contributed by atoms with van der Waals surface area (Å²) >= 11 is 0.495. The summed E-state index contributed by atoms with van der Waals surface area (Å²) in [5, 5.41) is -0.230. The zero-order chi connectivity index (χ0) is 15.5. The van der Waals surface area contributed by atoms with Crippen molar-refractivity contribution in [1.29, 1.82) is 0 Å². The smallest absolute Gasteiger partial charge is 0.452 e. The fourth-order valence-corrected chi connectivity index (χ4v) is 1.91. The van der Waals surface area contributed by atoms with E-state index in [1.54, 1.807) is 6.92 Å². The Morgan fingerprint density at radius 1 is 1.29 bits per heavy atom. The highest BCUT2D eigenvalue weighted by atomic mass is 32.1. The van der Waals surface area contributed by atoms with Gasteiger partial charge in [0.05, 0.1) is 12.2 Å². The second-order valence-electron chi connectivity index (χ2n) is 3.73. The minimum Gasteiger partial charge on any atom is -0.462 e. The predicted molar refractivity (Wildman–Crippen MR) is 67.4 cm³/mol. The third-order valence-electron chi connectivity index (χ3n) is 2.23. The number of carbonyl (C=O) groups is 1. The molecule has 0 unspecified atom stereocenters. The first-order valence-electron chi connectivity index (χ1n) is 5.76. The average Bonchev–Trinajstić information content (AvgIpc) is 2.88. The van der Waals surface area contributed by atoms with Crippen molar-refractivity contribution in [3.8, 4) is 10.9 Å². The van der Waals surface area contributed by atoms with Gasteiger partial charge in [-0.25, -0.2) is 4.79 Å². The van der Waals surface area contributed by atoms with Gasteiger partial charge in [-0.2, -0.15) is 22.5 Å². The zero-order valence-electron chi connectivity index (χ0n) is 10.7. The summed E-state index contributed by atoms with van der Waals surface area (Å²) in [6.45, 7) is 1.94. The lowest BCUT2D eigenvalue weighted by molar-refractivity contribution is -0.144. The lowest BCUT2D eigenvalue weighted by Crippen LogP contribution is -2.06. The van der Waals surface area contributed by atoms with Gasteiger partial charge in [-0.1, -0.05) is 0 Å². The fraction of sp³-hybridized carbons (Fsp3) is 0.250. The molecule has 0 bridgehead atoms. The van der Waals surface area contributed by atoms with E-state index in [2.05, 4.69) is 9.36 Å². The second-order valence-corrected chi connectivity index (χ2v) is 4.44. The molecule has 0 spiro atoms. The number of alkyl halides is 3. The van der Waals surface area contributed by atoms with Gasteiger partial charge in [-0.05, 0) is 31.2 Å². The molecule has 2 rings (SSSR count). The van der Waals surface area contributed by atoms with E-state index in [0.29, 0.717) is 17.1 Å². The van der Waals surface area contributed by atoms with Gasteiger partial charge in [-0.3, -0.25) is 0 Å². The largest absolute Gasteiger partial charge is 0.462 e. The minimum absolute atomic E-state index is 0.230. The molecule has 9 heteroatoms. The van der Waals surface area contributed by atoms with Gasteiger partial charge in [0.25, 0.3) is 11.0 Å². The molecule has 0 radical (unpaired) electrons. The van der Waals surface area contributed by atoms with E-state index in [1.165, 1.54) is 24.3 Å². The number of benzene rings is 1. The Balaban J connectivity index is 2.07. The standard InChI is InChI=1S/C12H9F3N2O3S/c1-2-19-9(18)7-3-5-8(6-4-7)20-11-16-10(17-21-11)12(13,14)15/h3-6H,2H2,1H3. The topological polar surface area (TPSA) is 61.3 Å². The fourth-order valence-electron chi connectivity index (χ4n) is 1.34. The number of esters is 1. The van der Waals surface area contributed by atoms with Gasteiger partial charge < -0.3 is 9.47 Å². The van der Waals surface area contributed by atoms with Crippen LogP contribution in [0.4, 0.5) is 13.2 Å². The summed E-state index contributed by atoms with van der Waals surface area (Å²) in [5.41, 5.74) is 0.317. The van der Waals surface area contributed by atoms with Crippen molar-refractivity contribution < 1.29 is 27.4 Å². The second kappa shape index (κ2) is 6.08. The van der Waals surface area contributed by atoms with E-state index < -0.39 is 18.0 Å². The third-order valence-corrected chi connectivity index (χ3v) is 2.83. The Hall–Kier alpha value is -2.16. The molecule has 1 heterocycles. The first-order chi connectivity index (χ1) is 9.90. The van der Waals surface area contributed by atoms with Crippen LogP contribution in [-0.4, -0.2) is 21.9 Å². The average molecular weight is 318 g/mol. The van der Waals surface area contributed by atoms with Gasteiger partial charge in [0.2, 0.25) is 0 Å². The molecule has 0 fully saturated rings. The summed E-state index contributed by atoms with van der Waals surface area (Å²) in [6, 6.07) is 5.75. The summed E-state index contributed by atoms with van der Waals surface area (Å²) in [7, 11) is 0. The molecule has 0 aliphatic carbocycles. The SMILES string of the molecule is CCOC(=O)c1ccc(Oc2nc(C(F)(F)F)ns2)cc1. The number of aromatic nitrogens is 2. The number of halogens is 3. The molecule has 2 aromatic rings. The van der Waals surface area contributed by atoms with Gasteiger partial charge in [-0.15, -0.1) is 0 Å². The van der Waals surface area contributed by atoms with Crippen molar-refractivity contribution in [2.75, 3.05) is 6.61 Å². The van der Waals surface area contributed by atoms with E-state index in [1.807, 2.05) is 0 Å². The molecule has 0 amide bonds. The van der Waals surface area contributed by atoms with Crippen LogP contribution < -0.4 is 4.74 Å². The van der Waals surface area contributed by atoms with E-state index in [0.717, 1.165) is 0 Å². The lowest BCUT2D eigenvalue weighted by Gasteiger charge is -2.04. The van der Waals surface area contributed by atoms with Crippen LogP contribution in [0.15, 0.2) is 24.3 Å². The molecular weight excluding hydrogens is 309 g/mol. The monoisotopic (exact) mass is 318 g/mol. The van der Waals surface area contributed by atoms with Crippen LogP contribution in [-0.2, 0) is 10.9 Å². The van der Waals surface area contributed by atoms with Crippen LogP contribution in [0.1, 0.15) is 23.1 Å². The van der Waals surface area contributed by atoms with Crippen molar-refractivity contribution in [2.24, 2.45) is 0 Å². The maximum absolute atomic E-state index is 12.3. The molecule has 1 aromatic heterocycles. The molecule has 21 heavy (non-hydrogen) atoms. The van der Waals surface area contributed by atoms with Crippen molar-refractivity contribution in [3.63, 3.8) is 0 Å². The van der Waals surface area contributed by atoms with Crippen LogP contribution >= 0.6 is 11.5 Å². The van der Waals surface area contributed by atoms with Crippen LogP contribution in [0.3, 0.4) is 0 Å². The van der Waals surface area contributed by atoms with Crippen LogP contribution in [0.2, 0.25) is 0 Å². The third kappa shape index (κ3) is 3.91. The number of ether oxygens (including phenoxy) is 2. The molecule has 0 atom stereocenters. The van der Waals surface area contributed by atoms with Gasteiger partial charge >= 0.3 is 12.1 Å². The van der Waals surface area contributed by atoms with Gasteiger partial charge in [0, 0.05) is 11.5 Å². The van der Waals surface area contributed by atoms with E-state index in [4.69, 9.17) is 9.47 Å². The summed E-state index contributed by atoms with van der Waals surface area (Å²) in [5.74, 6) is -1.49. The van der Waals surface area contributed by atoms with Gasteiger partial charge in [0.1, 0.15) is 5.75 Å². The maximum atomic E-state index is 12.3. The minimum atomic E-state index is -4.61. The number of carbonyl (C=O) groups excluding carboxylic acids is 1. The van der Waals surface area contributed by atoms with E-state index >= 15 is 0 Å². The summed E-state index contributed by atoms with van der Waals surface area (Å²) in [6.07, 6.45) is -4.61. The normalized spacial score (nSPS) is 11.2. The summed E-state index contributed by atoms with van der Waals surface area (Å²) in [4.78, 5) is 14.7. The number of hydrogen-bond acceptors (Lipinski definition) is 6. The Labute approximate surface area is 121 Å². The highest BCUT2D eigenvalue weighted by Gasteiger charge is 2.36. The van der Waals surface area contributed by atoms with Crippen molar-refractivity contribution in [3.05, 3.63) is 35.7 Å². The number of rotatable bonds is 4. The molecule has 0 aliphatic heterocycles. The van der Waals surface area contributed by atoms with Crippen molar-refractivity contribution >= 4 is 17.5 Å².